The van der Waals surface area contributed by atoms with Crippen LogP contribution < -0.4 is 5.32 Å². The second kappa shape index (κ2) is 4.84. The summed E-state index contributed by atoms with van der Waals surface area (Å²) in [6, 6.07) is 11.8. The number of benzene rings is 1. The summed E-state index contributed by atoms with van der Waals surface area (Å²) in [6.45, 7) is 8.56. The molecule has 0 bridgehead atoms. The van der Waals surface area contributed by atoms with E-state index in [4.69, 9.17) is 0 Å². The van der Waals surface area contributed by atoms with Crippen LogP contribution in [0.3, 0.4) is 0 Å². The smallest absolute Gasteiger partial charge is 0.0388 e. The van der Waals surface area contributed by atoms with Gasteiger partial charge < -0.3 is 5.32 Å². The van der Waals surface area contributed by atoms with Crippen LogP contribution in [-0.4, -0.2) is 6.04 Å². The Hall–Kier alpha value is -1.08. The largest absolute Gasteiger partial charge is 0.307 e. The maximum absolute atomic E-state index is 4.14. The van der Waals surface area contributed by atoms with Gasteiger partial charge in [-0.15, -0.1) is 0 Å². The predicted octanol–water partition coefficient (Wildman–Crippen LogP) is 3.69. The van der Waals surface area contributed by atoms with Gasteiger partial charge in [-0.25, -0.2) is 0 Å². The van der Waals surface area contributed by atoms with Gasteiger partial charge in [-0.05, 0) is 38.2 Å². The van der Waals surface area contributed by atoms with E-state index < -0.39 is 0 Å². The topological polar surface area (TPSA) is 12.0 Å². The molecule has 0 aromatic heterocycles. The van der Waals surface area contributed by atoms with E-state index in [1.807, 2.05) is 0 Å². The lowest BCUT2D eigenvalue weighted by atomic mass is 9.80. The Morgan fingerprint density at radius 1 is 1.25 bits per heavy atom. The van der Waals surface area contributed by atoms with Crippen molar-refractivity contribution in [1.82, 2.24) is 5.32 Å². The molecule has 0 unspecified atom stereocenters. The minimum atomic E-state index is 0.447. The molecule has 0 amide bonds. The molecule has 16 heavy (non-hydrogen) atoms. The zero-order chi connectivity index (χ0) is 11.5. The van der Waals surface area contributed by atoms with Crippen LogP contribution in [0.1, 0.15) is 38.3 Å². The summed E-state index contributed by atoms with van der Waals surface area (Å²) < 4.78 is 0. The van der Waals surface area contributed by atoms with Crippen molar-refractivity contribution >= 4 is 0 Å². The molecule has 1 heteroatoms. The van der Waals surface area contributed by atoms with Crippen molar-refractivity contribution in [1.29, 1.82) is 0 Å². The average Bonchev–Trinajstić information content (AvgIpc) is 2.29. The van der Waals surface area contributed by atoms with Gasteiger partial charge in [0.2, 0.25) is 0 Å². The molecule has 86 valence electrons. The lowest BCUT2D eigenvalue weighted by Crippen LogP contribution is -2.40. The first-order valence-electron chi connectivity index (χ1n) is 6.15. The van der Waals surface area contributed by atoms with Gasteiger partial charge in [-0.3, -0.25) is 0 Å². The fourth-order valence-corrected chi connectivity index (χ4v) is 2.62. The van der Waals surface area contributed by atoms with E-state index in [1.54, 1.807) is 0 Å². The van der Waals surface area contributed by atoms with E-state index in [0.717, 1.165) is 0 Å². The summed E-state index contributed by atoms with van der Waals surface area (Å²) in [5, 5.41) is 3.70. The Labute approximate surface area is 98.6 Å². The summed E-state index contributed by atoms with van der Waals surface area (Å²) in [5.41, 5.74) is 2.69. The highest BCUT2D eigenvalue weighted by molar-refractivity contribution is 5.23. The molecule has 0 saturated carbocycles. The summed E-state index contributed by atoms with van der Waals surface area (Å²) in [4.78, 5) is 0. The van der Waals surface area contributed by atoms with E-state index in [1.165, 1.54) is 24.0 Å². The van der Waals surface area contributed by atoms with Crippen LogP contribution in [0.5, 0.6) is 0 Å². The van der Waals surface area contributed by atoms with Crippen LogP contribution in [0.25, 0.3) is 0 Å². The van der Waals surface area contributed by atoms with Crippen molar-refractivity contribution in [2.24, 2.45) is 5.92 Å². The zero-order valence-corrected chi connectivity index (χ0v) is 10.2. The standard InChI is InChI=1S/C15H21N/c1-11(2)14-10-9-12(3)16-15(14)13-7-5-4-6-8-13/h4-8,12,14-16H,1,9-10H2,2-3H3/t12-,14+,15+/m1/s1. The van der Waals surface area contributed by atoms with E-state index >= 15 is 0 Å². The monoisotopic (exact) mass is 215 g/mol. The first-order valence-corrected chi connectivity index (χ1v) is 6.15. The van der Waals surface area contributed by atoms with Crippen molar-refractivity contribution in [3.63, 3.8) is 0 Å². The molecule has 1 N–H and O–H groups in total. The number of hydrogen-bond donors (Lipinski definition) is 1. The first-order chi connectivity index (χ1) is 7.68. The molecule has 0 aliphatic carbocycles. The number of nitrogens with one attached hydrogen (secondary N) is 1. The molecule has 1 nitrogen and oxygen atoms in total. The maximum atomic E-state index is 4.14. The highest BCUT2D eigenvalue weighted by Crippen LogP contribution is 2.35. The third kappa shape index (κ3) is 2.35. The summed E-state index contributed by atoms with van der Waals surface area (Å²) in [5.74, 6) is 0.582. The van der Waals surface area contributed by atoms with Crippen molar-refractivity contribution in [2.45, 2.75) is 38.8 Å². The third-order valence-corrected chi connectivity index (χ3v) is 3.57. The molecular formula is C15H21N. The van der Waals surface area contributed by atoms with Crippen LogP contribution in [0, 0.1) is 5.92 Å². The van der Waals surface area contributed by atoms with Gasteiger partial charge in [0.25, 0.3) is 0 Å². The molecule has 1 fully saturated rings. The van der Waals surface area contributed by atoms with Gasteiger partial charge in [-0.1, -0.05) is 42.5 Å². The van der Waals surface area contributed by atoms with Gasteiger partial charge in [0.1, 0.15) is 0 Å². The first kappa shape index (κ1) is 11.4. The van der Waals surface area contributed by atoms with Crippen molar-refractivity contribution in [3.05, 3.63) is 48.0 Å². The van der Waals surface area contributed by atoms with Crippen molar-refractivity contribution in [3.8, 4) is 0 Å². The highest BCUT2D eigenvalue weighted by atomic mass is 15.0. The molecule has 1 saturated heterocycles. The van der Waals surface area contributed by atoms with E-state index in [0.29, 0.717) is 18.0 Å². The number of hydrogen-bond acceptors (Lipinski definition) is 1. The number of piperidine rings is 1. The Kier molecular flexibility index (Phi) is 3.45. The van der Waals surface area contributed by atoms with Crippen LogP contribution >= 0.6 is 0 Å². The van der Waals surface area contributed by atoms with Crippen LogP contribution in [0.4, 0.5) is 0 Å². The molecule has 2 rings (SSSR count). The lowest BCUT2D eigenvalue weighted by molar-refractivity contribution is 0.271. The summed E-state index contributed by atoms with van der Waals surface area (Å²) in [6.07, 6.45) is 2.50. The van der Waals surface area contributed by atoms with Crippen molar-refractivity contribution < 1.29 is 0 Å². The summed E-state index contributed by atoms with van der Waals surface area (Å²) >= 11 is 0. The minimum Gasteiger partial charge on any atom is -0.307 e. The minimum absolute atomic E-state index is 0.447. The lowest BCUT2D eigenvalue weighted by Gasteiger charge is -2.37. The molecule has 0 spiro atoms. The van der Waals surface area contributed by atoms with E-state index in [9.17, 15) is 0 Å². The summed E-state index contributed by atoms with van der Waals surface area (Å²) in [7, 11) is 0. The Balaban J connectivity index is 2.24. The molecule has 1 heterocycles. The molecular weight excluding hydrogens is 194 g/mol. The molecule has 1 aromatic rings. The van der Waals surface area contributed by atoms with Crippen molar-refractivity contribution in [2.75, 3.05) is 0 Å². The van der Waals surface area contributed by atoms with Crippen LogP contribution in [0.15, 0.2) is 42.5 Å². The van der Waals surface area contributed by atoms with Gasteiger partial charge in [0, 0.05) is 12.1 Å². The predicted molar refractivity (Wildman–Crippen MR) is 69.3 cm³/mol. The SMILES string of the molecule is C=C(C)[C@@H]1CC[C@@H](C)N[C@H]1c1ccccc1. The molecule has 1 aromatic carbocycles. The van der Waals surface area contributed by atoms with Gasteiger partial charge in [0.05, 0.1) is 0 Å². The third-order valence-electron chi connectivity index (χ3n) is 3.57. The van der Waals surface area contributed by atoms with E-state index in [2.05, 4.69) is 56.1 Å². The average molecular weight is 215 g/mol. The molecule has 1 aliphatic rings. The molecule has 1 aliphatic heterocycles. The van der Waals surface area contributed by atoms with E-state index in [-0.39, 0.29) is 0 Å². The fraction of sp³-hybridized carbons (Fsp3) is 0.467. The second-order valence-electron chi connectivity index (χ2n) is 4.99. The maximum Gasteiger partial charge on any atom is 0.0388 e. The Bertz CT molecular complexity index is 355. The van der Waals surface area contributed by atoms with Crippen LogP contribution in [-0.2, 0) is 0 Å². The molecule has 3 atom stereocenters. The Morgan fingerprint density at radius 2 is 1.94 bits per heavy atom. The van der Waals surface area contributed by atoms with Gasteiger partial charge in [-0.2, -0.15) is 0 Å². The second-order valence-corrected chi connectivity index (χ2v) is 4.99. The Morgan fingerprint density at radius 3 is 2.56 bits per heavy atom. The van der Waals surface area contributed by atoms with Gasteiger partial charge >= 0.3 is 0 Å². The molecule has 0 radical (unpaired) electrons. The van der Waals surface area contributed by atoms with Gasteiger partial charge in [0.15, 0.2) is 0 Å². The number of rotatable bonds is 2. The fourth-order valence-electron chi connectivity index (χ4n) is 2.62. The van der Waals surface area contributed by atoms with Crippen LogP contribution in [0.2, 0.25) is 0 Å². The zero-order valence-electron chi connectivity index (χ0n) is 10.2. The normalized spacial score (nSPS) is 30.0. The highest BCUT2D eigenvalue weighted by Gasteiger charge is 2.29. The quantitative estimate of drug-likeness (QED) is 0.742.